The highest BCUT2D eigenvalue weighted by atomic mass is 79.9. The van der Waals surface area contributed by atoms with Crippen LogP contribution in [0.5, 0.6) is 0 Å². The standard InChI is InChI=1S/C18H21BrFN/c1-18(2,3)14-6-4-12(5-7-14)8-17(21)13-9-15(19)11-16(20)10-13/h4-7,9-11,17H,8,21H2,1-3H3. The first kappa shape index (κ1) is 16.2. The number of hydrogen-bond donors (Lipinski definition) is 1. The minimum Gasteiger partial charge on any atom is -0.324 e. The van der Waals surface area contributed by atoms with Crippen molar-refractivity contribution in [3.8, 4) is 0 Å². The van der Waals surface area contributed by atoms with Crippen molar-refractivity contribution in [2.45, 2.75) is 38.6 Å². The number of nitrogens with two attached hydrogens (primary N) is 1. The second-order valence-corrected chi connectivity index (χ2v) is 7.38. The van der Waals surface area contributed by atoms with Crippen LogP contribution in [0.15, 0.2) is 46.9 Å². The van der Waals surface area contributed by atoms with Gasteiger partial charge in [-0.2, -0.15) is 0 Å². The minimum absolute atomic E-state index is 0.147. The van der Waals surface area contributed by atoms with Crippen molar-refractivity contribution in [3.63, 3.8) is 0 Å². The van der Waals surface area contributed by atoms with Crippen molar-refractivity contribution in [3.05, 3.63) is 69.4 Å². The van der Waals surface area contributed by atoms with Gasteiger partial charge in [-0.3, -0.25) is 0 Å². The third-order valence-electron chi connectivity index (χ3n) is 3.59. The average molecular weight is 350 g/mol. The number of halogens is 2. The SMILES string of the molecule is CC(C)(C)c1ccc(CC(N)c2cc(F)cc(Br)c2)cc1. The molecule has 2 N–H and O–H groups in total. The zero-order chi connectivity index (χ0) is 15.6. The second-order valence-electron chi connectivity index (χ2n) is 6.46. The van der Waals surface area contributed by atoms with Crippen molar-refractivity contribution in [1.29, 1.82) is 0 Å². The van der Waals surface area contributed by atoms with E-state index in [1.165, 1.54) is 17.7 Å². The molecule has 0 heterocycles. The molecular weight excluding hydrogens is 329 g/mol. The molecule has 1 nitrogen and oxygen atoms in total. The van der Waals surface area contributed by atoms with Gasteiger partial charge in [-0.1, -0.05) is 61.0 Å². The van der Waals surface area contributed by atoms with Crippen molar-refractivity contribution >= 4 is 15.9 Å². The van der Waals surface area contributed by atoms with E-state index in [1.807, 2.05) is 6.07 Å². The quantitative estimate of drug-likeness (QED) is 0.816. The lowest BCUT2D eigenvalue weighted by Gasteiger charge is -2.20. The predicted octanol–water partition coefficient (Wildman–Crippen LogP) is 5.13. The van der Waals surface area contributed by atoms with Crippen molar-refractivity contribution in [2.75, 3.05) is 0 Å². The number of benzene rings is 2. The Morgan fingerprint density at radius 3 is 2.24 bits per heavy atom. The summed E-state index contributed by atoms with van der Waals surface area (Å²) in [4.78, 5) is 0. The van der Waals surface area contributed by atoms with Gasteiger partial charge in [-0.25, -0.2) is 4.39 Å². The van der Waals surface area contributed by atoms with Crippen LogP contribution in [0.3, 0.4) is 0 Å². The second kappa shape index (κ2) is 6.29. The fraction of sp³-hybridized carbons (Fsp3) is 0.333. The van der Waals surface area contributed by atoms with Crippen molar-refractivity contribution < 1.29 is 4.39 Å². The molecule has 2 aromatic rings. The van der Waals surface area contributed by atoms with Gasteiger partial charge in [-0.15, -0.1) is 0 Å². The Hall–Kier alpha value is -1.19. The average Bonchev–Trinajstić information content (AvgIpc) is 2.37. The van der Waals surface area contributed by atoms with E-state index < -0.39 is 0 Å². The molecule has 1 unspecified atom stereocenters. The molecule has 0 aliphatic carbocycles. The van der Waals surface area contributed by atoms with Crippen LogP contribution in [0.4, 0.5) is 4.39 Å². The fourth-order valence-corrected chi connectivity index (χ4v) is 2.78. The molecule has 1 atom stereocenters. The van der Waals surface area contributed by atoms with E-state index in [0.717, 1.165) is 15.6 Å². The van der Waals surface area contributed by atoms with Crippen LogP contribution >= 0.6 is 15.9 Å². The van der Waals surface area contributed by atoms with E-state index >= 15 is 0 Å². The smallest absolute Gasteiger partial charge is 0.124 e. The molecule has 0 aliphatic rings. The lowest BCUT2D eigenvalue weighted by atomic mass is 9.86. The van der Waals surface area contributed by atoms with Gasteiger partial charge in [0.1, 0.15) is 5.82 Å². The maximum Gasteiger partial charge on any atom is 0.124 e. The van der Waals surface area contributed by atoms with Crippen LogP contribution in [0.1, 0.15) is 43.5 Å². The highest BCUT2D eigenvalue weighted by molar-refractivity contribution is 9.10. The van der Waals surface area contributed by atoms with Gasteiger partial charge < -0.3 is 5.73 Å². The highest BCUT2D eigenvalue weighted by Gasteiger charge is 2.14. The zero-order valence-electron chi connectivity index (χ0n) is 12.7. The normalized spacial score (nSPS) is 13.2. The van der Waals surface area contributed by atoms with Crippen LogP contribution in [-0.4, -0.2) is 0 Å². The summed E-state index contributed by atoms with van der Waals surface area (Å²) in [6.45, 7) is 6.58. The van der Waals surface area contributed by atoms with Gasteiger partial charge in [0.25, 0.3) is 0 Å². The first-order valence-electron chi connectivity index (χ1n) is 7.07. The Bertz CT molecular complexity index is 594. The first-order chi connectivity index (χ1) is 9.75. The number of rotatable bonds is 3. The van der Waals surface area contributed by atoms with E-state index in [1.54, 1.807) is 0 Å². The molecule has 0 radical (unpaired) electrons. The van der Waals surface area contributed by atoms with Gasteiger partial charge in [0.15, 0.2) is 0 Å². The Kier molecular flexibility index (Phi) is 4.84. The summed E-state index contributed by atoms with van der Waals surface area (Å²) < 4.78 is 14.1. The molecule has 0 fully saturated rings. The van der Waals surface area contributed by atoms with Gasteiger partial charge in [0.2, 0.25) is 0 Å². The molecule has 3 heteroatoms. The minimum atomic E-state index is -0.266. The van der Waals surface area contributed by atoms with E-state index in [-0.39, 0.29) is 17.3 Å². The number of hydrogen-bond acceptors (Lipinski definition) is 1. The summed E-state index contributed by atoms with van der Waals surface area (Å²) in [5.41, 5.74) is 9.62. The molecule has 0 aliphatic heterocycles. The molecule has 0 bridgehead atoms. The van der Waals surface area contributed by atoms with Crippen LogP contribution < -0.4 is 5.73 Å². The molecular formula is C18H21BrFN. The molecule has 0 spiro atoms. The third-order valence-corrected chi connectivity index (χ3v) is 4.05. The summed E-state index contributed by atoms with van der Waals surface area (Å²) in [6.07, 6.45) is 0.695. The van der Waals surface area contributed by atoms with Crippen molar-refractivity contribution in [2.24, 2.45) is 5.73 Å². The van der Waals surface area contributed by atoms with Gasteiger partial charge >= 0.3 is 0 Å². The zero-order valence-corrected chi connectivity index (χ0v) is 14.2. The monoisotopic (exact) mass is 349 g/mol. The molecule has 0 saturated heterocycles. The highest BCUT2D eigenvalue weighted by Crippen LogP contribution is 2.25. The Morgan fingerprint density at radius 1 is 1.10 bits per heavy atom. The molecule has 0 aromatic heterocycles. The van der Waals surface area contributed by atoms with E-state index in [0.29, 0.717) is 6.42 Å². The Labute approximate surface area is 134 Å². The van der Waals surface area contributed by atoms with Crippen LogP contribution in [0.2, 0.25) is 0 Å². The molecule has 2 aromatic carbocycles. The molecule has 0 amide bonds. The lowest BCUT2D eigenvalue weighted by Crippen LogP contribution is -2.14. The molecule has 0 saturated carbocycles. The summed E-state index contributed by atoms with van der Waals surface area (Å²) in [7, 11) is 0. The topological polar surface area (TPSA) is 26.0 Å². The van der Waals surface area contributed by atoms with E-state index in [4.69, 9.17) is 5.73 Å². The lowest BCUT2D eigenvalue weighted by molar-refractivity contribution is 0.589. The summed E-state index contributed by atoms with van der Waals surface area (Å²) >= 11 is 3.30. The van der Waals surface area contributed by atoms with Gasteiger partial charge in [0.05, 0.1) is 0 Å². The van der Waals surface area contributed by atoms with E-state index in [9.17, 15) is 4.39 Å². The summed E-state index contributed by atoms with van der Waals surface area (Å²) in [5.74, 6) is -0.266. The molecule has 112 valence electrons. The first-order valence-corrected chi connectivity index (χ1v) is 7.86. The Morgan fingerprint density at radius 2 is 1.71 bits per heavy atom. The largest absolute Gasteiger partial charge is 0.324 e. The van der Waals surface area contributed by atoms with Crippen LogP contribution in [0, 0.1) is 5.82 Å². The summed E-state index contributed by atoms with van der Waals surface area (Å²) in [6, 6.07) is 13.1. The van der Waals surface area contributed by atoms with Crippen LogP contribution in [0.25, 0.3) is 0 Å². The maximum absolute atomic E-state index is 13.4. The summed E-state index contributed by atoms with van der Waals surface area (Å²) in [5, 5.41) is 0. The molecule has 2 rings (SSSR count). The van der Waals surface area contributed by atoms with Gasteiger partial charge in [-0.05, 0) is 46.7 Å². The van der Waals surface area contributed by atoms with E-state index in [2.05, 4.69) is 61.0 Å². The predicted molar refractivity (Wildman–Crippen MR) is 89.9 cm³/mol. The Balaban J connectivity index is 2.14. The van der Waals surface area contributed by atoms with Crippen molar-refractivity contribution in [1.82, 2.24) is 0 Å². The third kappa shape index (κ3) is 4.39. The van der Waals surface area contributed by atoms with Crippen LogP contribution in [-0.2, 0) is 11.8 Å². The van der Waals surface area contributed by atoms with Gasteiger partial charge in [0, 0.05) is 10.5 Å². The fourth-order valence-electron chi connectivity index (χ4n) is 2.30. The maximum atomic E-state index is 13.4. The molecule has 21 heavy (non-hydrogen) atoms.